The average molecular weight is 320 g/mol. The summed E-state index contributed by atoms with van der Waals surface area (Å²) in [6.45, 7) is 0. The van der Waals surface area contributed by atoms with Crippen LogP contribution < -0.4 is 4.90 Å². The summed E-state index contributed by atoms with van der Waals surface area (Å²) in [7, 11) is 4.10. The number of fused-ring (bicyclic) bond motifs is 1. The van der Waals surface area contributed by atoms with Crippen LogP contribution in [0.2, 0.25) is 0 Å². The van der Waals surface area contributed by atoms with Gasteiger partial charge in [-0.1, -0.05) is 18.2 Å². The van der Waals surface area contributed by atoms with Crippen molar-refractivity contribution in [3.63, 3.8) is 0 Å². The van der Waals surface area contributed by atoms with Crippen LogP contribution in [0.3, 0.4) is 0 Å². The number of anilines is 1. The molecule has 0 saturated heterocycles. The largest absolute Gasteiger partial charge is 0.378 e. The van der Waals surface area contributed by atoms with Gasteiger partial charge in [0.1, 0.15) is 0 Å². The Hall–Kier alpha value is -2.66. The number of nitrogens with zero attached hydrogens (tertiary/aromatic N) is 4. The molecule has 3 aromatic heterocycles. The Morgan fingerprint density at radius 1 is 1.04 bits per heavy atom. The highest BCUT2D eigenvalue weighted by atomic mass is 32.1. The van der Waals surface area contributed by atoms with Gasteiger partial charge in [0.05, 0.1) is 28.7 Å². The van der Waals surface area contributed by atoms with E-state index >= 15 is 0 Å². The zero-order valence-corrected chi connectivity index (χ0v) is 13.8. The molecule has 0 aliphatic heterocycles. The van der Waals surface area contributed by atoms with Gasteiger partial charge in [-0.25, -0.2) is 9.97 Å². The van der Waals surface area contributed by atoms with Crippen molar-refractivity contribution in [3.8, 4) is 21.8 Å². The van der Waals surface area contributed by atoms with Crippen molar-refractivity contribution in [2.75, 3.05) is 19.0 Å². The first-order chi connectivity index (χ1) is 11.2. The van der Waals surface area contributed by atoms with E-state index < -0.39 is 0 Å². The first-order valence-electron chi connectivity index (χ1n) is 7.37. The second kappa shape index (κ2) is 5.52. The molecule has 0 aliphatic rings. The number of aromatic nitrogens is 3. The lowest BCUT2D eigenvalue weighted by Gasteiger charge is -2.13. The van der Waals surface area contributed by atoms with Crippen LogP contribution in [-0.4, -0.2) is 28.5 Å². The third kappa shape index (κ3) is 2.49. The molecule has 0 atom stereocenters. The molecular weight excluding hydrogens is 304 g/mol. The molecule has 0 unspecified atom stereocenters. The van der Waals surface area contributed by atoms with E-state index in [-0.39, 0.29) is 0 Å². The SMILES string of the molecule is CN(C)c1cccc(-c2cnc3cnc(-c4cccs4)cn23)c1. The summed E-state index contributed by atoms with van der Waals surface area (Å²) in [4.78, 5) is 12.3. The molecule has 5 heteroatoms. The van der Waals surface area contributed by atoms with Crippen molar-refractivity contribution in [1.82, 2.24) is 14.4 Å². The van der Waals surface area contributed by atoms with Crippen LogP contribution in [0.5, 0.6) is 0 Å². The van der Waals surface area contributed by atoms with Gasteiger partial charge in [0.15, 0.2) is 5.65 Å². The van der Waals surface area contributed by atoms with Crippen molar-refractivity contribution in [2.24, 2.45) is 0 Å². The molecule has 4 nitrogen and oxygen atoms in total. The molecule has 4 rings (SSSR count). The number of rotatable bonds is 3. The number of thiophene rings is 1. The number of benzene rings is 1. The second-order valence-electron chi connectivity index (χ2n) is 5.57. The Morgan fingerprint density at radius 2 is 1.96 bits per heavy atom. The van der Waals surface area contributed by atoms with E-state index in [2.05, 4.69) is 61.2 Å². The average Bonchev–Trinajstić information content (AvgIpc) is 3.24. The standard InChI is InChI=1S/C18H16N4S/c1-21(2)14-6-3-5-13(9-14)16-10-20-18-11-19-15(12-22(16)18)17-7-4-8-23-17/h3-12H,1-2H3. The molecule has 0 saturated carbocycles. The Morgan fingerprint density at radius 3 is 2.74 bits per heavy atom. The maximum absolute atomic E-state index is 4.52. The number of hydrogen-bond donors (Lipinski definition) is 0. The van der Waals surface area contributed by atoms with Crippen molar-refractivity contribution in [3.05, 3.63) is 60.4 Å². The minimum Gasteiger partial charge on any atom is -0.378 e. The summed E-state index contributed by atoms with van der Waals surface area (Å²) in [6.07, 6.45) is 5.80. The van der Waals surface area contributed by atoms with Crippen LogP contribution in [0, 0.1) is 0 Å². The summed E-state index contributed by atoms with van der Waals surface area (Å²) < 4.78 is 2.11. The molecule has 0 N–H and O–H groups in total. The summed E-state index contributed by atoms with van der Waals surface area (Å²) in [6, 6.07) is 12.6. The lowest BCUT2D eigenvalue weighted by Crippen LogP contribution is -2.08. The van der Waals surface area contributed by atoms with E-state index in [0.717, 1.165) is 27.5 Å². The first-order valence-corrected chi connectivity index (χ1v) is 8.25. The highest BCUT2D eigenvalue weighted by molar-refractivity contribution is 7.13. The monoisotopic (exact) mass is 320 g/mol. The van der Waals surface area contributed by atoms with E-state index in [1.165, 1.54) is 5.69 Å². The molecule has 3 heterocycles. The molecule has 0 spiro atoms. The number of imidazole rings is 1. The van der Waals surface area contributed by atoms with Crippen LogP contribution in [0.4, 0.5) is 5.69 Å². The van der Waals surface area contributed by atoms with E-state index in [1.54, 1.807) is 11.3 Å². The third-order valence-electron chi connectivity index (χ3n) is 3.83. The van der Waals surface area contributed by atoms with E-state index in [0.29, 0.717) is 0 Å². The van der Waals surface area contributed by atoms with E-state index in [4.69, 9.17) is 0 Å². The van der Waals surface area contributed by atoms with Crippen LogP contribution in [0.25, 0.3) is 27.5 Å². The van der Waals surface area contributed by atoms with Gasteiger partial charge < -0.3 is 4.90 Å². The molecule has 0 amide bonds. The lowest BCUT2D eigenvalue weighted by molar-refractivity contribution is 1.12. The molecule has 0 aliphatic carbocycles. The summed E-state index contributed by atoms with van der Waals surface area (Å²) >= 11 is 1.69. The Labute approximate surface area is 138 Å². The third-order valence-corrected chi connectivity index (χ3v) is 4.72. The minimum absolute atomic E-state index is 0.857. The van der Waals surface area contributed by atoms with Crippen LogP contribution in [0.15, 0.2) is 60.4 Å². The van der Waals surface area contributed by atoms with Gasteiger partial charge in [0, 0.05) is 31.5 Å². The quantitative estimate of drug-likeness (QED) is 0.567. The zero-order chi connectivity index (χ0) is 15.8. The predicted molar refractivity (Wildman–Crippen MR) is 96.1 cm³/mol. The summed E-state index contributed by atoms with van der Waals surface area (Å²) in [5.74, 6) is 0. The Bertz CT molecular complexity index is 954. The van der Waals surface area contributed by atoms with Gasteiger partial charge in [0.25, 0.3) is 0 Å². The van der Waals surface area contributed by atoms with Crippen LogP contribution in [-0.2, 0) is 0 Å². The van der Waals surface area contributed by atoms with Crippen molar-refractivity contribution < 1.29 is 0 Å². The van der Waals surface area contributed by atoms with Gasteiger partial charge in [-0.15, -0.1) is 11.3 Å². The summed E-state index contributed by atoms with van der Waals surface area (Å²) in [5.41, 5.74) is 5.21. The van der Waals surface area contributed by atoms with E-state index in [1.807, 2.05) is 32.6 Å². The zero-order valence-electron chi connectivity index (χ0n) is 13.0. The van der Waals surface area contributed by atoms with Gasteiger partial charge >= 0.3 is 0 Å². The van der Waals surface area contributed by atoms with Gasteiger partial charge in [0.2, 0.25) is 0 Å². The molecule has 1 aromatic carbocycles. The van der Waals surface area contributed by atoms with Crippen molar-refractivity contribution >= 4 is 22.7 Å². The normalized spacial score (nSPS) is 11.0. The second-order valence-corrected chi connectivity index (χ2v) is 6.51. The predicted octanol–water partition coefficient (Wildman–Crippen LogP) is 4.19. The molecule has 0 fully saturated rings. The summed E-state index contributed by atoms with van der Waals surface area (Å²) in [5, 5.41) is 2.07. The number of hydrogen-bond acceptors (Lipinski definition) is 4. The topological polar surface area (TPSA) is 33.4 Å². The molecule has 114 valence electrons. The molecule has 23 heavy (non-hydrogen) atoms. The fourth-order valence-electron chi connectivity index (χ4n) is 2.60. The molecule has 4 aromatic rings. The Kier molecular flexibility index (Phi) is 3.35. The van der Waals surface area contributed by atoms with Crippen molar-refractivity contribution in [1.29, 1.82) is 0 Å². The van der Waals surface area contributed by atoms with Crippen LogP contribution >= 0.6 is 11.3 Å². The van der Waals surface area contributed by atoms with Gasteiger partial charge in [-0.05, 0) is 23.6 Å². The van der Waals surface area contributed by atoms with Gasteiger partial charge in [-0.3, -0.25) is 4.40 Å². The molecular formula is C18H16N4S. The van der Waals surface area contributed by atoms with Crippen molar-refractivity contribution in [2.45, 2.75) is 0 Å². The van der Waals surface area contributed by atoms with E-state index in [9.17, 15) is 0 Å². The first kappa shape index (κ1) is 14.0. The van der Waals surface area contributed by atoms with Crippen LogP contribution in [0.1, 0.15) is 0 Å². The lowest BCUT2D eigenvalue weighted by atomic mass is 10.1. The maximum atomic E-state index is 4.52. The molecule has 0 radical (unpaired) electrons. The Balaban J connectivity index is 1.87. The molecule has 0 bridgehead atoms. The minimum atomic E-state index is 0.857. The van der Waals surface area contributed by atoms with Gasteiger partial charge in [-0.2, -0.15) is 0 Å². The highest BCUT2D eigenvalue weighted by Gasteiger charge is 2.09. The fourth-order valence-corrected chi connectivity index (χ4v) is 3.28. The highest BCUT2D eigenvalue weighted by Crippen LogP contribution is 2.27. The smallest absolute Gasteiger partial charge is 0.155 e. The maximum Gasteiger partial charge on any atom is 0.155 e. The fraction of sp³-hybridized carbons (Fsp3) is 0.111.